The lowest BCUT2D eigenvalue weighted by molar-refractivity contribution is -0.145. The second-order valence-corrected chi connectivity index (χ2v) is 7.65. The number of rotatable bonds is 7. The van der Waals surface area contributed by atoms with E-state index in [2.05, 4.69) is 31.7 Å². The van der Waals surface area contributed by atoms with E-state index < -0.39 is 12.0 Å². The fourth-order valence-electron chi connectivity index (χ4n) is 2.80. The van der Waals surface area contributed by atoms with E-state index in [1.807, 2.05) is 0 Å². The summed E-state index contributed by atoms with van der Waals surface area (Å²) >= 11 is 9.34. The Hall–Kier alpha value is -3.04. The first kappa shape index (κ1) is 22.6. The van der Waals surface area contributed by atoms with Gasteiger partial charge in [0.05, 0.1) is 23.0 Å². The number of benzene rings is 2. The lowest BCUT2D eigenvalue weighted by Gasteiger charge is -2.15. The number of aryl methyl sites for hydroxylation is 1. The van der Waals surface area contributed by atoms with E-state index in [1.165, 1.54) is 0 Å². The van der Waals surface area contributed by atoms with Crippen LogP contribution in [-0.4, -0.2) is 35.0 Å². The molecule has 3 rings (SSSR count). The molecule has 162 valence electrons. The van der Waals surface area contributed by atoms with Gasteiger partial charge >= 0.3 is 12.0 Å². The van der Waals surface area contributed by atoms with Crippen LogP contribution in [0.15, 0.2) is 53.1 Å². The average molecular weight is 508 g/mol. The minimum absolute atomic E-state index is 0.236. The van der Waals surface area contributed by atoms with Crippen molar-refractivity contribution in [3.05, 3.63) is 58.2 Å². The molecule has 2 N–H and O–H groups in total. The highest BCUT2D eigenvalue weighted by molar-refractivity contribution is 9.10. The summed E-state index contributed by atoms with van der Waals surface area (Å²) in [4.78, 5) is 24.1. The molecule has 1 aromatic heterocycles. The van der Waals surface area contributed by atoms with Gasteiger partial charge in [0, 0.05) is 29.0 Å². The monoisotopic (exact) mass is 506 g/mol. The molecule has 0 radical (unpaired) electrons. The minimum Gasteiger partial charge on any atom is -0.481 e. The molecule has 2 aromatic carbocycles. The van der Waals surface area contributed by atoms with Crippen molar-refractivity contribution < 1.29 is 19.1 Å². The van der Waals surface area contributed by atoms with Crippen LogP contribution in [0.3, 0.4) is 0 Å². The third-order valence-electron chi connectivity index (χ3n) is 4.14. The maximum absolute atomic E-state index is 12.4. The molecule has 0 spiro atoms. The van der Waals surface area contributed by atoms with Crippen molar-refractivity contribution in [2.45, 2.75) is 6.92 Å². The van der Waals surface area contributed by atoms with E-state index in [1.54, 1.807) is 67.3 Å². The largest absolute Gasteiger partial charge is 0.481 e. The Balaban J connectivity index is 1.83. The fraction of sp³-hybridized carbons (Fsp3) is 0.190. The molecule has 0 aliphatic rings. The van der Waals surface area contributed by atoms with Crippen LogP contribution in [0.1, 0.15) is 6.92 Å². The zero-order valence-electron chi connectivity index (χ0n) is 16.8. The van der Waals surface area contributed by atoms with Crippen molar-refractivity contribution in [3.63, 3.8) is 0 Å². The summed E-state index contributed by atoms with van der Waals surface area (Å²) in [7, 11) is 1.78. The summed E-state index contributed by atoms with van der Waals surface area (Å²) in [5.74, 6) is -0.0249. The van der Waals surface area contributed by atoms with Gasteiger partial charge in [0.15, 0.2) is 6.61 Å². The average Bonchev–Trinajstić information content (AvgIpc) is 3.07. The van der Waals surface area contributed by atoms with Gasteiger partial charge in [0.1, 0.15) is 5.75 Å². The van der Waals surface area contributed by atoms with Crippen molar-refractivity contribution in [2.24, 2.45) is 7.05 Å². The van der Waals surface area contributed by atoms with E-state index in [-0.39, 0.29) is 13.2 Å². The van der Waals surface area contributed by atoms with E-state index in [0.717, 1.165) is 10.2 Å². The predicted molar refractivity (Wildman–Crippen MR) is 123 cm³/mol. The molecule has 0 aliphatic carbocycles. The topological polar surface area (TPSA) is 94.5 Å². The predicted octanol–water partition coefficient (Wildman–Crippen LogP) is 5.09. The SMILES string of the molecule is CCOC(=O)COc1ccc(NC(=O)Nc2ccc(Cl)cc2)cc1-c1c(Br)cnn1C. The Labute approximate surface area is 192 Å². The molecule has 0 saturated carbocycles. The normalized spacial score (nSPS) is 10.5. The van der Waals surface area contributed by atoms with Crippen molar-refractivity contribution in [1.29, 1.82) is 0 Å². The van der Waals surface area contributed by atoms with Crippen LogP contribution < -0.4 is 15.4 Å². The number of hydrogen-bond donors (Lipinski definition) is 2. The van der Waals surface area contributed by atoms with Crippen LogP contribution in [0.4, 0.5) is 16.2 Å². The molecule has 1 heterocycles. The Morgan fingerprint density at radius 3 is 2.45 bits per heavy atom. The van der Waals surface area contributed by atoms with E-state index in [0.29, 0.717) is 27.7 Å². The molecule has 10 heteroatoms. The van der Waals surface area contributed by atoms with E-state index in [9.17, 15) is 9.59 Å². The Morgan fingerprint density at radius 2 is 1.81 bits per heavy atom. The number of anilines is 2. The minimum atomic E-state index is -0.470. The highest BCUT2D eigenvalue weighted by Crippen LogP contribution is 2.36. The molecule has 3 aromatic rings. The highest BCUT2D eigenvalue weighted by atomic mass is 79.9. The Morgan fingerprint density at radius 1 is 1.13 bits per heavy atom. The number of esters is 1. The first-order valence-corrected chi connectivity index (χ1v) is 10.5. The zero-order valence-corrected chi connectivity index (χ0v) is 19.2. The van der Waals surface area contributed by atoms with E-state index in [4.69, 9.17) is 21.1 Å². The quantitative estimate of drug-likeness (QED) is 0.435. The first-order valence-electron chi connectivity index (χ1n) is 9.31. The number of nitrogens with zero attached hydrogens (tertiary/aromatic N) is 2. The van der Waals surface area contributed by atoms with Crippen molar-refractivity contribution in [2.75, 3.05) is 23.8 Å². The second-order valence-electron chi connectivity index (χ2n) is 6.36. The molecule has 0 unspecified atom stereocenters. The molecule has 31 heavy (non-hydrogen) atoms. The van der Waals surface area contributed by atoms with Gasteiger partial charge in [-0.05, 0) is 65.3 Å². The number of carbonyl (C=O) groups excluding carboxylic acids is 2. The summed E-state index contributed by atoms with van der Waals surface area (Å²) in [5.41, 5.74) is 2.49. The summed E-state index contributed by atoms with van der Waals surface area (Å²) in [6.45, 7) is 1.76. The van der Waals surface area contributed by atoms with Crippen molar-refractivity contribution in [1.82, 2.24) is 9.78 Å². The standard InChI is InChI=1S/C21H20BrClN4O4/c1-3-30-19(28)12-31-18-9-8-15(10-16(18)20-17(22)11-24-27(20)2)26-21(29)25-14-6-4-13(23)5-7-14/h4-11H,3,12H2,1-2H3,(H2,25,26,29). The number of halogens is 2. The molecule has 8 nitrogen and oxygen atoms in total. The summed E-state index contributed by atoms with van der Waals surface area (Å²) in [5, 5.41) is 10.3. The summed E-state index contributed by atoms with van der Waals surface area (Å²) in [6, 6.07) is 11.4. The van der Waals surface area contributed by atoms with E-state index >= 15 is 0 Å². The molecule has 0 fully saturated rings. The molecule has 0 bridgehead atoms. The van der Waals surface area contributed by atoms with Crippen LogP contribution in [0.2, 0.25) is 5.02 Å². The maximum atomic E-state index is 12.4. The van der Waals surface area contributed by atoms with Crippen LogP contribution in [0.5, 0.6) is 5.75 Å². The number of ether oxygens (including phenoxy) is 2. The van der Waals surface area contributed by atoms with Crippen molar-refractivity contribution >= 4 is 50.9 Å². The Bertz CT molecular complexity index is 1070. The number of aromatic nitrogens is 2. The van der Waals surface area contributed by atoms with Gasteiger partial charge in [-0.3, -0.25) is 4.68 Å². The maximum Gasteiger partial charge on any atom is 0.344 e. The third-order valence-corrected chi connectivity index (χ3v) is 4.97. The van der Waals surface area contributed by atoms with Crippen LogP contribution >= 0.6 is 27.5 Å². The number of carbonyl (C=O) groups is 2. The third kappa shape index (κ3) is 5.99. The summed E-state index contributed by atoms with van der Waals surface area (Å²) in [6.07, 6.45) is 1.65. The van der Waals surface area contributed by atoms with Crippen LogP contribution in [0.25, 0.3) is 11.3 Å². The molecular weight excluding hydrogens is 488 g/mol. The second kappa shape index (κ2) is 10.3. The zero-order chi connectivity index (χ0) is 22.4. The molecule has 0 atom stereocenters. The van der Waals surface area contributed by atoms with Gasteiger partial charge in [-0.1, -0.05) is 11.6 Å². The number of urea groups is 1. The Kier molecular flexibility index (Phi) is 7.54. The van der Waals surface area contributed by atoms with Crippen molar-refractivity contribution in [3.8, 4) is 17.0 Å². The van der Waals surface area contributed by atoms with Crippen LogP contribution in [-0.2, 0) is 16.6 Å². The van der Waals surface area contributed by atoms with Crippen LogP contribution in [0, 0.1) is 0 Å². The van der Waals surface area contributed by atoms with Gasteiger partial charge in [-0.2, -0.15) is 5.10 Å². The van der Waals surface area contributed by atoms with Gasteiger partial charge in [0.2, 0.25) is 0 Å². The van der Waals surface area contributed by atoms with Gasteiger partial charge in [0.25, 0.3) is 0 Å². The number of nitrogens with one attached hydrogen (secondary N) is 2. The number of amides is 2. The molecular formula is C21H20BrClN4O4. The van der Waals surface area contributed by atoms with Gasteiger partial charge in [-0.25, -0.2) is 9.59 Å². The molecule has 0 aliphatic heterocycles. The first-order chi connectivity index (χ1) is 14.9. The highest BCUT2D eigenvalue weighted by Gasteiger charge is 2.17. The summed E-state index contributed by atoms with van der Waals surface area (Å²) < 4.78 is 13.0. The fourth-order valence-corrected chi connectivity index (χ4v) is 3.49. The molecule has 2 amide bonds. The van der Waals surface area contributed by atoms with Gasteiger partial charge < -0.3 is 20.1 Å². The molecule has 0 saturated heterocycles. The lowest BCUT2D eigenvalue weighted by atomic mass is 10.1. The van der Waals surface area contributed by atoms with Gasteiger partial charge in [-0.15, -0.1) is 0 Å². The number of hydrogen-bond acceptors (Lipinski definition) is 5. The lowest BCUT2D eigenvalue weighted by Crippen LogP contribution is -2.19. The smallest absolute Gasteiger partial charge is 0.344 e.